The van der Waals surface area contributed by atoms with Crippen LogP contribution < -0.4 is 15.7 Å². The summed E-state index contributed by atoms with van der Waals surface area (Å²) < 4.78 is 1.54. The zero-order valence-electron chi connectivity index (χ0n) is 9.46. The lowest BCUT2D eigenvalue weighted by Crippen LogP contribution is -2.42. The molecule has 1 rings (SSSR count). The first-order valence-electron chi connectivity index (χ1n) is 5.11. The summed E-state index contributed by atoms with van der Waals surface area (Å²) in [5, 5.41) is 15.1. The van der Waals surface area contributed by atoms with Gasteiger partial charge in [0.1, 0.15) is 12.2 Å². The van der Waals surface area contributed by atoms with Crippen molar-refractivity contribution in [3.63, 3.8) is 0 Å². The molecular weight excluding hydrogens is 224 g/mol. The summed E-state index contributed by atoms with van der Waals surface area (Å²) >= 11 is 0. The first-order chi connectivity index (χ1) is 8.04. The number of aryl methyl sites for hydroxylation is 1. The number of nitrogens with one attached hydrogen (secondary N) is 1. The van der Waals surface area contributed by atoms with Gasteiger partial charge in [0, 0.05) is 19.5 Å². The van der Waals surface area contributed by atoms with Gasteiger partial charge < -0.3 is 16.2 Å². The van der Waals surface area contributed by atoms with Gasteiger partial charge in [-0.15, -0.1) is 0 Å². The molecule has 1 aromatic heterocycles. The molecule has 0 radical (unpaired) electrons. The van der Waals surface area contributed by atoms with Crippen molar-refractivity contribution in [1.82, 2.24) is 10.4 Å². The predicted molar refractivity (Wildman–Crippen MR) is 58.1 cm³/mol. The van der Waals surface area contributed by atoms with E-state index in [0.29, 0.717) is 12.1 Å². The molecule has 7 heteroatoms. The first kappa shape index (κ1) is 13.0. The Morgan fingerprint density at radius 3 is 2.82 bits per heavy atom. The average Bonchev–Trinajstić information content (AvgIpc) is 2.35. The molecule has 0 aromatic carbocycles. The zero-order valence-corrected chi connectivity index (χ0v) is 9.46. The number of nitrogens with two attached hydrogens (primary N) is 1. The third kappa shape index (κ3) is 3.80. The van der Waals surface area contributed by atoms with Crippen molar-refractivity contribution in [2.45, 2.75) is 19.0 Å². The summed E-state index contributed by atoms with van der Waals surface area (Å²) in [5.74, 6) is -1.25. The number of hydrogen-bond acceptors (Lipinski definition) is 4. The van der Waals surface area contributed by atoms with Crippen LogP contribution in [0.15, 0.2) is 18.5 Å². The van der Waals surface area contributed by atoms with E-state index in [0.717, 1.165) is 0 Å². The summed E-state index contributed by atoms with van der Waals surface area (Å²) in [5.41, 5.74) is 5.81. The largest absolute Gasteiger partial charge is 0.480 e. The molecule has 7 nitrogen and oxygen atoms in total. The van der Waals surface area contributed by atoms with Gasteiger partial charge in [-0.1, -0.05) is 4.68 Å². The van der Waals surface area contributed by atoms with Crippen LogP contribution in [0.5, 0.6) is 0 Å². The van der Waals surface area contributed by atoms with E-state index < -0.39 is 12.0 Å². The van der Waals surface area contributed by atoms with E-state index in [1.54, 1.807) is 12.3 Å². The molecule has 1 atom stereocenters. The molecule has 0 aliphatic heterocycles. The quantitative estimate of drug-likeness (QED) is 0.543. The second-order valence-electron chi connectivity index (χ2n) is 3.49. The summed E-state index contributed by atoms with van der Waals surface area (Å²) in [6, 6.07) is 0.709. The normalized spacial score (nSPS) is 11.9. The van der Waals surface area contributed by atoms with Crippen LogP contribution >= 0.6 is 0 Å². The molecule has 0 saturated heterocycles. The maximum atomic E-state index is 11.2. The van der Waals surface area contributed by atoms with E-state index in [1.165, 1.54) is 17.9 Å². The molecule has 0 aliphatic rings. The summed E-state index contributed by atoms with van der Waals surface area (Å²) in [7, 11) is 1.54. The molecular formula is C10H15N4O3+. The van der Waals surface area contributed by atoms with Crippen LogP contribution in [0.2, 0.25) is 0 Å². The lowest BCUT2D eigenvalue weighted by atomic mass is 10.2. The first-order valence-corrected chi connectivity index (χ1v) is 5.11. The standard InChI is InChI=1S/C10H14N4O3/c1-12-9(15)7-2-4-14(13-6-7)5-3-8(11)10(16)17/h2,4,6,8H,3,5,11H2,1H3,(H-,12,15,16,17)/p+1. The van der Waals surface area contributed by atoms with Crippen LogP contribution in [0.3, 0.4) is 0 Å². The van der Waals surface area contributed by atoms with Crippen molar-refractivity contribution >= 4 is 11.9 Å². The molecule has 92 valence electrons. The lowest BCUT2D eigenvalue weighted by Gasteiger charge is -2.02. The number of carbonyl (C=O) groups excluding carboxylic acids is 1. The van der Waals surface area contributed by atoms with Crippen LogP contribution in [0, 0.1) is 0 Å². The third-order valence-electron chi connectivity index (χ3n) is 2.25. The maximum absolute atomic E-state index is 11.2. The average molecular weight is 239 g/mol. The van der Waals surface area contributed by atoms with Crippen molar-refractivity contribution in [3.8, 4) is 0 Å². The van der Waals surface area contributed by atoms with Gasteiger partial charge in [0.05, 0.1) is 5.56 Å². The van der Waals surface area contributed by atoms with Crippen LogP contribution in [-0.2, 0) is 11.3 Å². The van der Waals surface area contributed by atoms with E-state index in [9.17, 15) is 9.59 Å². The Hall–Kier alpha value is -2.02. The molecule has 0 fully saturated rings. The third-order valence-corrected chi connectivity index (χ3v) is 2.25. The molecule has 0 bridgehead atoms. The Bertz CT molecular complexity index is 405. The highest BCUT2D eigenvalue weighted by atomic mass is 16.4. The molecule has 1 unspecified atom stereocenters. The lowest BCUT2D eigenvalue weighted by molar-refractivity contribution is -0.754. The van der Waals surface area contributed by atoms with Crippen molar-refractivity contribution in [1.29, 1.82) is 0 Å². The van der Waals surface area contributed by atoms with Crippen LogP contribution in [-0.4, -0.2) is 35.2 Å². The minimum absolute atomic E-state index is 0.216. The Kier molecular flexibility index (Phi) is 4.53. The molecule has 1 heterocycles. The van der Waals surface area contributed by atoms with Gasteiger partial charge in [0.2, 0.25) is 0 Å². The van der Waals surface area contributed by atoms with Gasteiger partial charge in [-0.25, -0.2) is 0 Å². The topological polar surface area (TPSA) is 109 Å². The van der Waals surface area contributed by atoms with Gasteiger partial charge in [0.15, 0.2) is 12.7 Å². The van der Waals surface area contributed by atoms with Gasteiger partial charge >= 0.3 is 5.97 Å². The second-order valence-corrected chi connectivity index (χ2v) is 3.49. The monoisotopic (exact) mass is 239 g/mol. The smallest absolute Gasteiger partial charge is 0.320 e. The maximum Gasteiger partial charge on any atom is 0.320 e. The Morgan fingerprint density at radius 2 is 2.35 bits per heavy atom. The fourth-order valence-electron chi connectivity index (χ4n) is 1.19. The van der Waals surface area contributed by atoms with Crippen LogP contribution in [0.25, 0.3) is 0 Å². The number of rotatable bonds is 5. The minimum Gasteiger partial charge on any atom is -0.480 e. The molecule has 0 saturated carbocycles. The number of carbonyl (C=O) groups is 2. The molecule has 0 spiro atoms. The van der Waals surface area contributed by atoms with Gasteiger partial charge in [0.25, 0.3) is 5.91 Å². The van der Waals surface area contributed by atoms with Crippen molar-refractivity contribution < 1.29 is 19.4 Å². The number of carboxylic acid groups (broad SMARTS) is 1. The van der Waals surface area contributed by atoms with E-state index in [-0.39, 0.29) is 12.3 Å². The molecule has 1 amide bonds. The summed E-state index contributed by atoms with van der Waals surface area (Å²) in [4.78, 5) is 21.7. The van der Waals surface area contributed by atoms with Crippen molar-refractivity contribution in [3.05, 3.63) is 24.0 Å². The Labute approximate surface area is 98.2 Å². The van der Waals surface area contributed by atoms with Gasteiger partial charge in [-0.3, -0.25) is 9.59 Å². The van der Waals surface area contributed by atoms with Gasteiger partial charge in [-0.05, 0) is 5.10 Å². The Morgan fingerprint density at radius 1 is 1.65 bits per heavy atom. The van der Waals surface area contributed by atoms with Crippen LogP contribution in [0.1, 0.15) is 16.8 Å². The fourth-order valence-corrected chi connectivity index (χ4v) is 1.19. The highest BCUT2D eigenvalue weighted by Crippen LogP contribution is 1.93. The van der Waals surface area contributed by atoms with E-state index >= 15 is 0 Å². The summed E-state index contributed by atoms with van der Waals surface area (Å²) in [6.07, 6.45) is 3.32. The fraction of sp³-hybridized carbons (Fsp3) is 0.400. The number of nitrogens with zero attached hydrogens (tertiary/aromatic N) is 2. The molecule has 0 aliphatic carbocycles. The molecule has 4 N–H and O–H groups in total. The van der Waals surface area contributed by atoms with E-state index in [1.807, 2.05) is 0 Å². The molecule has 17 heavy (non-hydrogen) atoms. The highest BCUT2D eigenvalue weighted by molar-refractivity contribution is 5.93. The number of aliphatic carboxylic acids is 1. The number of carboxylic acids is 1. The zero-order chi connectivity index (χ0) is 12.8. The van der Waals surface area contributed by atoms with E-state index in [2.05, 4.69) is 10.4 Å². The van der Waals surface area contributed by atoms with Gasteiger partial charge in [-0.2, -0.15) is 0 Å². The second kappa shape index (κ2) is 5.90. The SMILES string of the molecule is CNC(=O)c1cc[n+](CCC(N)C(=O)O)nc1. The number of hydrogen-bond donors (Lipinski definition) is 3. The summed E-state index contributed by atoms with van der Waals surface area (Å²) in [6.45, 7) is 0.390. The van der Waals surface area contributed by atoms with Crippen LogP contribution in [0.4, 0.5) is 0 Å². The van der Waals surface area contributed by atoms with E-state index in [4.69, 9.17) is 10.8 Å². The highest BCUT2D eigenvalue weighted by Gasteiger charge is 2.15. The molecule has 1 aromatic rings. The number of aromatic nitrogens is 2. The minimum atomic E-state index is -1.03. The van der Waals surface area contributed by atoms with Crippen molar-refractivity contribution in [2.24, 2.45) is 5.73 Å². The Balaban J connectivity index is 2.57. The van der Waals surface area contributed by atoms with Crippen molar-refractivity contribution in [2.75, 3.05) is 7.05 Å². The number of amides is 1. The predicted octanol–water partition coefficient (Wildman–Crippen LogP) is -1.47.